The van der Waals surface area contributed by atoms with Gasteiger partial charge in [0.2, 0.25) is 0 Å². The van der Waals surface area contributed by atoms with E-state index in [2.05, 4.69) is 10.3 Å². The number of aromatic nitrogens is 1. The van der Waals surface area contributed by atoms with Gasteiger partial charge in [0.1, 0.15) is 5.69 Å². The van der Waals surface area contributed by atoms with E-state index in [-0.39, 0.29) is 18.9 Å². The number of hydrogen-bond acceptors (Lipinski definition) is 4. The predicted molar refractivity (Wildman–Crippen MR) is 59.3 cm³/mol. The molecular weight excluding hydrogens is 232 g/mol. The number of aliphatic hydroxyl groups excluding tert-OH is 2. The summed E-state index contributed by atoms with van der Waals surface area (Å²) >= 11 is 5.71. The van der Waals surface area contributed by atoms with Crippen LogP contribution in [0.2, 0.25) is 5.02 Å². The Hall–Kier alpha value is -1.17. The molecule has 0 aliphatic rings. The van der Waals surface area contributed by atoms with Gasteiger partial charge in [-0.1, -0.05) is 11.6 Å². The number of hydrogen-bond donors (Lipinski definition) is 3. The van der Waals surface area contributed by atoms with Crippen molar-refractivity contribution in [2.24, 2.45) is 0 Å². The molecule has 1 aromatic rings. The molecule has 1 heterocycles. The van der Waals surface area contributed by atoms with Crippen molar-refractivity contribution in [2.75, 3.05) is 13.2 Å². The molecule has 0 atom stereocenters. The highest BCUT2D eigenvalue weighted by Gasteiger charge is 2.25. The van der Waals surface area contributed by atoms with Crippen LogP contribution in [0.25, 0.3) is 0 Å². The van der Waals surface area contributed by atoms with E-state index in [1.165, 1.54) is 19.2 Å². The summed E-state index contributed by atoms with van der Waals surface area (Å²) in [5.74, 6) is -0.492. The van der Waals surface area contributed by atoms with Crippen molar-refractivity contribution >= 4 is 17.5 Å². The average Bonchev–Trinajstić information content (AvgIpc) is 2.29. The van der Waals surface area contributed by atoms with Gasteiger partial charge in [-0.3, -0.25) is 9.78 Å². The molecule has 0 aliphatic carbocycles. The van der Waals surface area contributed by atoms with Gasteiger partial charge in [0.25, 0.3) is 5.91 Å². The molecule has 1 amide bonds. The molecule has 1 aromatic heterocycles. The third kappa shape index (κ3) is 3.16. The van der Waals surface area contributed by atoms with Crippen LogP contribution >= 0.6 is 11.6 Å². The largest absolute Gasteiger partial charge is 0.394 e. The summed E-state index contributed by atoms with van der Waals surface area (Å²) in [6.07, 6.45) is 1.41. The van der Waals surface area contributed by atoms with E-state index in [9.17, 15) is 4.79 Å². The number of pyridine rings is 1. The maximum atomic E-state index is 11.7. The molecule has 0 saturated carbocycles. The first-order valence-corrected chi connectivity index (χ1v) is 5.04. The first-order chi connectivity index (χ1) is 7.50. The maximum absolute atomic E-state index is 11.7. The van der Waals surface area contributed by atoms with Crippen molar-refractivity contribution in [3.63, 3.8) is 0 Å². The highest BCUT2D eigenvalue weighted by molar-refractivity contribution is 6.30. The van der Waals surface area contributed by atoms with Gasteiger partial charge in [-0.2, -0.15) is 0 Å². The van der Waals surface area contributed by atoms with Crippen LogP contribution in [-0.2, 0) is 0 Å². The number of rotatable bonds is 4. The summed E-state index contributed by atoms with van der Waals surface area (Å²) in [6.45, 7) is 0.793. The van der Waals surface area contributed by atoms with E-state index in [1.807, 2.05) is 0 Å². The lowest BCUT2D eigenvalue weighted by molar-refractivity contribution is 0.0719. The molecule has 0 radical (unpaired) electrons. The Kier molecular flexibility index (Phi) is 4.23. The molecule has 0 fully saturated rings. The van der Waals surface area contributed by atoms with Crippen molar-refractivity contribution in [3.8, 4) is 0 Å². The topological polar surface area (TPSA) is 82.5 Å². The van der Waals surface area contributed by atoms with Gasteiger partial charge < -0.3 is 15.5 Å². The van der Waals surface area contributed by atoms with Gasteiger partial charge in [-0.05, 0) is 19.1 Å². The Labute approximate surface area is 98.1 Å². The van der Waals surface area contributed by atoms with Gasteiger partial charge in [-0.15, -0.1) is 0 Å². The number of carbonyl (C=O) groups is 1. The van der Waals surface area contributed by atoms with Crippen molar-refractivity contribution < 1.29 is 15.0 Å². The lowest BCUT2D eigenvalue weighted by Gasteiger charge is -2.25. The van der Waals surface area contributed by atoms with Crippen molar-refractivity contribution in [1.29, 1.82) is 0 Å². The van der Waals surface area contributed by atoms with E-state index in [1.54, 1.807) is 6.07 Å². The fraction of sp³-hybridized carbons (Fsp3) is 0.400. The zero-order valence-corrected chi connectivity index (χ0v) is 9.53. The van der Waals surface area contributed by atoms with E-state index < -0.39 is 11.4 Å². The lowest BCUT2D eigenvalue weighted by atomic mass is 10.1. The molecule has 0 bridgehead atoms. The zero-order valence-electron chi connectivity index (χ0n) is 8.77. The average molecular weight is 245 g/mol. The smallest absolute Gasteiger partial charge is 0.270 e. The van der Waals surface area contributed by atoms with Crippen molar-refractivity contribution in [2.45, 2.75) is 12.5 Å². The van der Waals surface area contributed by atoms with Crippen molar-refractivity contribution in [1.82, 2.24) is 10.3 Å². The Morgan fingerprint density at radius 1 is 1.56 bits per heavy atom. The second kappa shape index (κ2) is 5.25. The van der Waals surface area contributed by atoms with Crippen LogP contribution in [0, 0.1) is 0 Å². The summed E-state index contributed by atoms with van der Waals surface area (Å²) in [6, 6.07) is 2.96. The standard InChI is InChI=1S/C10H13ClN2O3/c1-10(5-14,6-15)13-9(16)8-4-7(11)2-3-12-8/h2-4,14-15H,5-6H2,1H3,(H,13,16). The molecule has 3 N–H and O–H groups in total. The predicted octanol–water partition coefficient (Wildman–Crippen LogP) is 0.208. The minimum absolute atomic E-state index is 0.139. The summed E-state index contributed by atoms with van der Waals surface area (Å²) in [5, 5.41) is 20.9. The molecule has 16 heavy (non-hydrogen) atoms. The van der Waals surface area contributed by atoms with Gasteiger partial charge in [-0.25, -0.2) is 0 Å². The molecule has 5 nitrogen and oxygen atoms in total. The number of carbonyl (C=O) groups excluding carboxylic acids is 1. The van der Waals surface area contributed by atoms with Gasteiger partial charge in [0.15, 0.2) is 0 Å². The summed E-state index contributed by atoms with van der Waals surface area (Å²) in [5.41, 5.74) is -0.929. The maximum Gasteiger partial charge on any atom is 0.270 e. The van der Waals surface area contributed by atoms with Crippen molar-refractivity contribution in [3.05, 3.63) is 29.0 Å². The van der Waals surface area contributed by atoms with Crippen LogP contribution < -0.4 is 5.32 Å². The molecule has 0 spiro atoms. The first kappa shape index (κ1) is 12.9. The Balaban J connectivity index is 2.80. The number of amides is 1. The molecule has 0 aliphatic heterocycles. The quantitative estimate of drug-likeness (QED) is 0.707. The minimum Gasteiger partial charge on any atom is -0.394 e. The van der Waals surface area contributed by atoms with Crippen LogP contribution in [0.5, 0.6) is 0 Å². The number of halogens is 1. The second-order valence-corrected chi connectivity index (χ2v) is 4.13. The van der Waals surface area contributed by atoms with E-state index in [4.69, 9.17) is 21.8 Å². The SMILES string of the molecule is CC(CO)(CO)NC(=O)c1cc(Cl)ccn1. The monoisotopic (exact) mass is 244 g/mol. The number of nitrogens with one attached hydrogen (secondary N) is 1. The molecular formula is C10H13ClN2O3. The van der Waals surface area contributed by atoms with Gasteiger partial charge >= 0.3 is 0 Å². The van der Waals surface area contributed by atoms with E-state index in [0.29, 0.717) is 5.02 Å². The molecule has 0 aromatic carbocycles. The highest BCUT2D eigenvalue weighted by atomic mass is 35.5. The molecule has 6 heteroatoms. The summed E-state index contributed by atoms with van der Waals surface area (Å²) < 4.78 is 0. The first-order valence-electron chi connectivity index (χ1n) is 4.66. The normalized spacial score (nSPS) is 11.2. The van der Waals surface area contributed by atoms with Crippen LogP contribution in [-0.4, -0.2) is 39.9 Å². The van der Waals surface area contributed by atoms with Crippen LogP contribution in [0.3, 0.4) is 0 Å². The molecule has 88 valence electrons. The van der Waals surface area contributed by atoms with Gasteiger partial charge in [0.05, 0.1) is 18.8 Å². The van der Waals surface area contributed by atoms with Crippen LogP contribution in [0.15, 0.2) is 18.3 Å². The molecule has 0 saturated heterocycles. The highest BCUT2D eigenvalue weighted by Crippen LogP contribution is 2.09. The van der Waals surface area contributed by atoms with Gasteiger partial charge in [0, 0.05) is 11.2 Å². The third-order valence-electron chi connectivity index (χ3n) is 2.07. The fourth-order valence-electron chi connectivity index (χ4n) is 0.996. The number of aliphatic hydroxyl groups is 2. The Morgan fingerprint density at radius 2 is 2.19 bits per heavy atom. The second-order valence-electron chi connectivity index (χ2n) is 3.69. The minimum atomic E-state index is -1.07. The Morgan fingerprint density at radius 3 is 2.69 bits per heavy atom. The van der Waals surface area contributed by atoms with Crippen LogP contribution in [0.1, 0.15) is 17.4 Å². The summed E-state index contributed by atoms with van der Waals surface area (Å²) in [7, 11) is 0. The summed E-state index contributed by atoms with van der Waals surface area (Å²) in [4.78, 5) is 15.5. The zero-order chi connectivity index (χ0) is 12.2. The fourth-order valence-corrected chi connectivity index (χ4v) is 1.16. The molecule has 1 rings (SSSR count). The van der Waals surface area contributed by atoms with E-state index >= 15 is 0 Å². The third-order valence-corrected chi connectivity index (χ3v) is 2.30. The van der Waals surface area contributed by atoms with E-state index in [0.717, 1.165) is 0 Å². The molecule has 0 unspecified atom stereocenters. The number of nitrogens with zero attached hydrogens (tertiary/aromatic N) is 1. The lowest BCUT2D eigenvalue weighted by Crippen LogP contribution is -2.51. The Bertz CT molecular complexity index is 380. The van der Waals surface area contributed by atoms with Crippen LogP contribution in [0.4, 0.5) is 0 Å².